The lowest BCUT2D eigenvalue weighted by Crippen LogP contribution is -2.37. The van der Waals surface area contributed by atoms with Crippen LogP contribution in [0.4, 0.5) is 0 Å². The third kappa shape index (κ3) is 4.14. The lowest BCUT2D eigenvalue weighted by molar-refractivity contribution is 0.0596. The standard InChI is InChI=1S/C19H22ClN3O4/c1-27-19(26)17-13(18(20)15(25)10-14(17)24)2-3-16-22-8-9-23(16)11-12-4-6-21-7-5-12/h4-6,8-10,16,21-22,24-25H,2-3,7,11H2,1H3. The van der Waals surface area contributed by atoms with Gasteiger partial charge in [-0.1, -0.05) is 17.7 Å². The molecule has 1 unspecified atom stereocenters. The van der Waals surface area contributed by atoms with Crippen molar-refractivity contribution >= 4 is 17.6 Å². The minimum absolute atomic E-state index is 0.000223. The van der Waals surface area contributed by atoms with E-state index in [2.05, 4.69) is 21.6 Å². The molecule has 144 valence electrons. The topological polar surface area (TPSA) is 94.1 Å². The normalized spacial score (nSPS) is 18.1. The van der Waals surface area contributed by atoms with Crippen LogP contribution in [0.2, 0.25) is 5.02 Å². The highest BCUT2D eigenvalue weighted by molar-refractivity contribution is 6.33. The Bertz CT molecular complexity index is 820. The fraction of sp³-hybridized carbons (Fsp3) is 0.316. The van der Waals surface area contributed by atoms with E-state index in [0.717, 1.165) is 19.2 Å². The highest BCUT2D eigenvalue weighted by atomic mass is 35.5. The SMILES string of the molecule is COC(=O)c1c(O)cc(O)c(Cl)c1CCC1NC=CN1CC1=CCNC=C1. The highest BCUT2D eigenvalue weighted by Gasteiger charge is 2.25. The first-order valence-corrected chi connectivity index (χ1v) is 8.98. The maximum Gasteiger partial charge on any atom is 0.341 e. The second-order valence-corrected chi connectivity index (χ2v) is 6.68. The fourth-order valence-electron chi connectivity index (χ4n) is 3.21. The van der Waals surface area contributed by atoms with Gasteiger partial charge in [0.1, 0.15) is 17.1 Å². The second kappa shape index (κ2) is 8.26. The van der Waals surface area contributed by atoms with Gasteiger partial charge in [-0.05, 0) is 36.3 Å². The Hall–Kier alpha value is -2.80. The number of aromatic hydroxyl groups is 2. The molecule has 2 heterocycles. The summed E-state index contributed by atoms with van der Waals surface area (Å²) in [6, 6.07) is 1.05. The predicted molar refractivity (Wildman–Crippen MR) is 102 cm³/mol. The van der Waals surface area contributed by atoms with Gasteiger partial charge in [0.05, 0.1) is 18.3 Å². The monoisotopic (exact) mass is 391 g/mol. The van der Waals surface area contributed by atoms with Crippen LogP contribution in [0.15, 0.2) is 42.4 Å². The largest absolute Gasteiger partial charge is 0.507 e. The van der Waals surface area contributed by atoms with Gasteiger partial charge in [0.2, 0.25) is 0 Å². The minimum atomic E-state index is -0.691. The number of nitrogens with zero attached hydrogens (tertiary/aromatic N) is 1. The molecule has 1 aromatic carbocycles. The number of esters is 1. The number of methoxy groups -OCH3 is 1. The van der Waals surface area contributed by atoms with E-state index in [9.17, 15) is 15.0 Å². The average molecular weight is 392 g/mol. The quantitative estimate of drug-likeness (QED) is 0.552. The number of phenols is 2. The molecular weight excluding hydrogens is 370 g/mol. The summed E-state index contributed by atoms with van der Waals surface area (Å²) in [7, 11) is 1.23. The Kier molecular flexibility index (Phi) is 5.81. The molecule has 0 saturated carbocycles. The Morgan fingerprint density at radius 3 is 2.89 bits per heavy atom. The van der Waals surface area contributed by atoms with Crippen molar-refractivity contribution in [3.8, 4) is 11.5 Å². The Balaban J connectivity index is 1.75. The van der Waals surface area contributed by atoms with E-state index < -0.39 is 5.97 Å². The van der Waals surface area contributed by atoms with Crippen LogP contribution in [0.1, 0.15) is 22.3 Å². The number of nitrogens with one attached hydrogen (secondary N) is 2. The molecule has 2 aliphatic rings. The van der Waals surface area contributed by atoms with E-state index in [0.29, 0.717) is 18.4 Å². The molecule has 0 fully saturated rings. The molecule has 8 heteroatoms. The molecule has 2 aliphatic heterocycles. The molecule has 0 saturated heterocycles. The van der Waals surface area contributed by atoms with Gasteiger partial charge in [0.15, 0.2) is 0 Å². The summed E-state index contributed by atoms with van der Waals surface area (Å²) >= 11 is 6.21. The molecule has 0 radical (unpaired) electrons. The van der Waals surface area contributed by atoms with Gasteiger partial charge in [-0.2, -0.15) is 0 Å². The van der Waals surface area contributed by atoms with Crippen molar-refractivity contribution in [1.29, 1.82) is 0 Å². The first-order chi connectivity index (χ1) is 13.0. The molecule has 7 nitrogen and oxygen atoms in total. The molecule has 0 amide bonds. The number of carbonyl (C=O) groups is 1. The number of halogens is 1. The summed E-state index contributed by atoms with van der Waals surface area (Å²) in [5, 5.41) is 26.4. The number of hydrogen-bond donors (Lipinski definition) is 4. The van der Waals surface area contributed by atoms with Crippen molar-refractivity contribution in [2.75, 3.05) is 20.2 Å². The zero-order valence-electron chi connectivity index (χ0n) is 14.9. The van der Waals surface area contributed by atoms with Crippen molar-refractivity contribution < 1.29 is 19.7 Å². The lowest BCUT2D eigenvalue weighted by atomic mass is 9.99. The maximum atomic E-state index is 12.1. The summed E-state index contributed by atoms with van der Waals surface area (Å²) in [5.74, 6) is -1.31. The molecule has 4 N–H and O–H groups in total. The van der Waals surface area contributed by atoms with Crippen molar-refractivity contribution in [1.82, 2.24) is 15.5 Å². The maximum absolute atomic E-state index is 12.1. The first-order valence-electron chi connectivity index (χ1n) is 8.60. The molecule has 3 rings (SSSR count). The van der Waals surface area contributed by atoms with Crippen LogP contribution < -0.4 is 10.6 Å². The summed E-state index contributed by atoms with van der Waals surface area (Å²) in [6.45, 7) is 1.55. The van der Waals surface area contributed by atoms with E-state index >= 15 is 0 Å². The van der Waals surface area contributed by atoms with E-state index in [1.807, 2.05) is 24.7 Å². The summed E-state index contributed by atoms with van der Waals surface area (Å²) < 4.78 is 4.75. The third-order valence-electron chi connectivity index (χ3n) is 4.60. The van der Waals surface area contributed by atoms with Crippen LogP contribution in [0, 0.1) is 0 Å². The number of ether oxygens (including phenoxy) is 1. The summed E-state index contributed by atoms with van der Waals surface area (Å²) in [6.07, 6.45) is 10.9. The van der Waals surface area contributed by atoms with Crippen LogP contribution in [0.5, 0.6) is 11.5 Å². The minimum Gasteiger partial charge on any atom is -0.507 e. The second-order valence-electron chi connectivity index (χ2n) is 6.30. The zero-order valence-corrected chi connectivity index (χ0v) is 15.7. The molecule has 1 atom stereocenters. The van der Waals surface area contributed by atoms with Crippen LogP contribution in [-0.4, -0.2) is 47.4 Å². The van der Waals surface area contributed by atoms with Crippen LogP contribution >= 0.6 is 11.6 Å². The molecule has 0 aromatic heterocycles. The number of dihydropyridines is 1. The third-order valence-corrected chi connectivity index (χ3v) is 5.02. The lowest BCUT2D eigenvalue weighted by Gasteiger charge is -2.27. The van der Waals surface area contributed by atoms with Gasteiger partial charge in [0, 0.05) is 31.6 Å². The van der Waals surface area contributed by atoms with Gasteiger partial charge < -0.3 is 30.5 Å². The van der Waals surface area contributed by atoms with Gasteiger partial charge in [-0.3, -0.25) is 0 Å². The summed E-state index contributed by atoms with van der Waals surface area (Å²) in [5.41, 5.74) is 1.56. The average Bonchev–Trinajstić information content (AvgIpc) is 3.10. The van der Waals surface area contributed by atoms with Gasteiger partial charge in [-0.25, -0.2) is 4.79 Å². The molecular formula is C19H22ClN3O4. The fourth-order valence-corrected chi connectivity index (χ4v) is 3.45. The van der Waals surface area contributed by atoms with Crippen molar-refractivity contribution in [2.24, 2.45) is 0 Å². The van der Waals surface area contributed by atoms with E-state index in [1.54, 1.807) is 0 Å². The van der Waals surface area contributed by atoms with Crippen molar-refractivity contribution in [3.05, 3.63) is 58.5 Å². The molecule has 1 aromatic rings. The van der Waals surface area contributed by atoms with Crippen molar-refractivity contribution in [2.45, 2.75) is 19.0 Å². The van der Waals surface area contributed by atoms with Crippen LogP contribution in [0.25, 0.3) is 0 Å². The number of hydrogen-bond acceptors (Lipinski definition) is 7. The smallest absolute Gasteiger partial charge is 0.341 e. The summed E-state index contributed by atoms with van der Waals surface area (Å²) in [4.78, 5) is 14.2. The molecule has 0 spiro atoms. The number of benzene rings is 1. The highest BCUT2D eigenvalue weighted by Crippen LogP contribution is 2.37. The molecule has 0 bridgehead atoms. The number of rotatable bonds is 6. The van der Waals surface area contributed by atoms with Crippen LogP contribution in [-0.2, 0) is 11.2 Å². The van der Waals surface area contributed by atoms with Crippen molar-refractivity contribution in [3.63, 3.8) is 0 Å². The van der Waals surface area contributed by atoms with E-state index in [4.69, 9.17) is 16.3 Å². The van der Waals surface area contributed by atoms with Gasteiger partial charge in [-0.15, -0.1) is 0 Å². The first kappa shape index (κ1) is 19.0. The van der Waals surface area contributed by atoms with E-state index in [1.165, 1.54) is 12.7 Å². The van der Waals surface area contributed by atoms with E-state index in [-0.39, 0.29) is 28.3 Å². The Morgan fingerprint density at radius 1 is 1.37 bits per heavy atom. The molecule has 27 heavy (non-hydrogen) atoms. The molecule has 0 aliphatic carbocycles. The number of phenolic OH excluding ortho intramolecular Hbond substituents is 2. The zero-order chi connectivity index (χ0) is 19.4. The van der Waals surface area contributed by atoms with Gasteiger partial charge >= 0.3 is 5.97 Å². The predicted octanol–water partition coefficient (Wildman–Crippen LogP) is 2.22. The Morgan fingerprint density at radius 2 is 2.19 bits per heavy atom. The Labute approximate surface area is 162 Å². The van der Waals surface area contributed by atoms with Crippen LogP contribution in [0.3, 0.4) is 0 Å². The van der Waals surface area contributed by atoms with Gasteiger partial charge in [0.25, 0.3) is 0 Å². The number of carbonyl (C=O) groups excluding carboxylic acids is 1.